The summed E-state index contributed by atoms with van der Waals surface area (Å²) >= 11 is 4.39. The first-order valence-electron chi connectivity index (χ1n) is 7.10. The minimum absolute atomic E-state index is 0.113. The van der Waals surface area contributed by atoms with Crippen LogP contribution in [0.4, 0.5) is 14.9 Å². The monoisotopic (exact) mass is 372 g/mol. The molecule has 1 aliphatic rings. The number of hydrogen-bond acceptors (Lipinski definition) is 8. The van der Waals surface area contributed by atoms with E-state index in [1.807, 2.05) is 17.5 Å². The summed E-state index contributed by atoms with van der Waals surface area (Å²) < 4.78 is 11.8. The Morgan fingerprint density at radius 1 is 1.35 bits per heavy atom. The topological polar surface area (TPSA) is 85.4 Å². The fraction of sp³-hybridized carbons (Fsp3) is 0.462. The molecule has 1 saturated heterocycles. The molecule has 0 unspecified atom stereocenters. The van der Waals surface area contributed by atoms with Gasteiger partial charge in [0.05, 0.1) is 18.2 Å². The molecular formula is C13H16N4O3S3. The lowest BCUT2D eigenvalue weighted by molar-refractivity contribution is -0.178. The van der Waals surface area contributed by atoms with Crippen molar-refractivity contribution in [1.29, 1.82) is 0 Å². The number of urea groups is 1. The van der Waals surface area contributed by atoms with Crippen LogP contribution in [-0.2, 0) is 9.47 Å². The number of carbonyl (C=O) groups excluding carboxylic acids is 1. The van der Waals surface area contributed by atoms with Crippen molar-refractivity contribution in [2.24, 2.45) is 0 Å². The third kappa shape index (κ3) is 5.43. The lowest BCUT2D eigenvalue weighted by atomic mass is 10.4. The Morgan fingerprint density at radius 3 is 3.00 bits per heavy atom. The van der Waals surface area contributed by atoms with Crippen LogP contribution in [0.15, 0.2) is 21.9 Å². The van der Waals surface area contributed by atoms with E-state index >= 15 is 0 Å². The molecule has 0 aromatic carbocycles. The molecule has 0 saturated carbocycles. The van der Waals surface area contributed by atoms with Crippen LogP contribution in [0.25, 0.3) is 0 Å². The molecule has 2 N–H and O–H groups in total. The molecule has 124 valence electrons. The van der Waals surface area contributed by atoms with Gasteiger partial charge in [0.2, 0.25) is 5.13 Å². The Kier molecular flexibility index (Phi) is 6.22. The molecule has 0 bridgehead atoms. The van der Waals surface area contributed by atoms with Gasteiger partial charge < -0.3 is 9.47 Å². The van der Waals surface area contributed by atoms with Gasteiger partial charge in [-0.25, -0.2) is 4.79 Å². The number of nitrogens with one attached hydrogen (secondary N) is 2. The van der Waals surface area contributed by atoms with Crippen LogP contribution in [0, 0.1) is 0 Å². The molecule has 0 spiro atoms. The largest absolute Gasteiger partial charge is 0.353 e. The summed E-state index contributed by atoms with van der Waals surface area (Å²) in [6.45, 7) is 1.53. The molecule has 23 heavy (non-hydrogen) atoms. The zero-order valence-corrected chi connectivity index (χ0v) is 14.6. The van der Waals surface area contributed by atoms with E-state index in [0.717, 1.165) is 41.1 Å². The molecule has 2 aromatic heterocycles. The molecule has 3 rings (SSSR count). The maximum absolute atomic E-state index is 11.8. The van der Waals surface area contributed by atoms with Crippen LogP contribution in [0.1, 0.15) is 12.8 Å². The summed E-state index contributed by atoms with van der Waals surface area (Å²) in [4.78, 5) is 11.8. The van der Waals surface area contributed by atoms with Crippen LogP contribution >= 0.6 is 34.4 Å². The van der Waals surface area contributed by atoms with E-state index in [2.05, 4.69) is 20.8 Å². The highest BCUT2D eigenvalue weighted by Crippen LogP contribution is 2.27. The third-order valence-electron chi connectivity index (χ3n) is 2.86. The molecule has 0 aliphatic carbocycles. The first-order chi connectivity index (χ1) is 11.3. The van der Waals surface area contributed by atoms with Crippen molar-refractivity contribution in [1.82, 2.24) is 10.2 Å². The van der Waals surface area contributed by atoms with Crippen molar-refractivity contribution in [3.8, 4) is 0 Å². The molecular weight excluding hydrogens is 356 g/mol. The Labute approximate surface area is 145 Å². The molecule has 2 amide bonds. The quantitative estimate of drug-likeness (QED) is 0.596. The Bertz CT molecular complexity index is 614. The third-order valence-corrected chi connectivity index (χ3v) is 5.65. The maximum atomic E-state index is 11.8. The van der Waals surface area contributed by atoms with Gasteiger partial charge in [-0.3, -0.25) is 10.6 Å². The average molecular weight is 372 g/mol. The standard InChI is InChI=1S/C13H16N4O3S3/c18-11(14-9-3-1-7-21-9)15-12-16-17-13(23-12)22-8-4-10-19-5-2-6-20-10/h1,3,7,10H,2,4-6,8H2,(H2,14,15,16,18). The van der Waals surface area contributed by atoms with E-state index in [4.69, 9.17) is 9.47 Å². The number of carbonyl (C=O) groups is 1. The number of anilines is 2. The Balaban J connectivity index is 1.39. The molecule has 7 nitrogen and oxygen atoms in total. The summed E-state index contributed by atoms with van der Waals surface area (Å²) in [5.41, 5.74) is 0. The summed E-state index contributed by atoms with van der Waals surface area (Å²) in [7, 11) is 0. The number of hydrogen-bond donors (Lipinski definition) is 2. The van der Waals surface area contributed by atoms with Crippen molar-refractivity contribution in [2.45, 2.75) is 23.5 Å². The molecule has 3 heterocycles. The van der Waals surface area contributed by atoms with Crippen molar-refractivity contribution >= 4 is 50.6 Å². The summed E-state index contributed by atoms with van der Waals surface area (Å²) in [6.07, 6.45) is 1.66. The number of amides is 2. The fourth-order valence-electron chi connectivity index (χ4n) is 1.85. The minimum atomic E-state index is -0.316. The Hall–Kier alpha value is -1.20. The predicted octanol–water partition coefficient (Wildman–Crippen LogP) is 3.49. The highest BCUT2D eigenvalue weighted by Gasteiger charge is 2.15. The highest BCUT2D eigenvalue weighted by molar-refractivity contribution is 8.01. The average Bonchev–Trinajstić information content (AvgIpc) is 3.20. The van der Waals surface area contributed by atoms with Gasteiger partial charge in [-0.2, -0.15) is 0 Å². The lowest BCUT2D eigenvalue weighted by Crippen LogP contribution is -2.25. The summed E-state index contributed by atoms with van der Waals surface area (Å²) in [6, 6.07) is 3.39. The van der Waals surface area contributed by atoms with Crippen LogP contribution in [0.2, 0.25) is 0 Å². The number of aromatic nitrogens is 2. The zero-order valence-electron chi connectivity index (χ0n) is 12.2. The van der Waals surface area contributed by atoms with Crippen molar-refractivity contribution < 1.29 is 14.3 Å². The summed E-state index contributed by atoms with van der Waals surface area (Å²) in [5, 5.41) is 16.6. The van der Waals surface area contributed by atoms with Gasteiger partial charge in [0.1, 0.15) is 0 Å². The molecule has 2 aromatic rings. The second kappa shape index (κ2) is 8.60. The van der Waals surface area contributed by atoms with E-state index < -0.39 is 0 Å². The molecule has 0 radical (unpaired) electrons. The Morgan fingerprint density at radius 2 is 2.22 bits per heavy atom. The van der Waals surface area contributed by atoms with Gasteiger partial charge in [-0.1, -0.05) is 23.1 Å². The van der Waals surface area contributed by atoms with Crippen LogP contribution in [0.5, 0.6) is 0 Å². The minimum Gasteiger partial charge on any atom is -0.353 e. The predicted molar refractivity (Wildman–Crippen MR) is 92.5 cm³/mol. The smallest absolute Gasteiger partial charge is 0.326 e. The van der Waals surface area contributed by atoms with Crippen molar-refractivity contribution in [2.75, 3.05) is 29.6 Å². The van der Waals surface area contributed by atoms with Crippen LogP contribution < -0.4 is 10.6 Å². The van der Waals surface area contributed by atoms with Crippen molar-refractivity contribution in [3.05, 3.63) is 17.5 Å². The van der Waals surface area contributed by atoms with Gasteiger partial charge in [-0.15, -0.1) is 21.5 Å². The van der Waals surface area contributed by atoms with Gasteiger partial charge in [0.25, 0.3) is 0 Å². The van der Waals surface area contributed by atoms with Gasteiger partial charge in [0.15, 0.2) is 10.6 Å². The first-order valence-corrected chi connectivity index (χ1v) is 9.79. The normalized spacial score (nSPS) is 15.5. The molecule has 1 aliphatic heterocycles. The zero-order chi connectivity index (χ0) is 15.9. The summed E-state index contributed by atoms with van der Waals surface area (Å²) in [5.74, 6) is 0.834. The fourth-order valence-corrected chi connectivity index (χ4v) is 4.25. The second-order valence-electron chi connectivity index (χ2n) is 4.59. The van der Waals surface area contributed by atoms with E-state index in [1.165, 1.54) is 22.7 Å². The molecule has 10 heteroatoms. The van der Waals surface area contributed by atoms with E-state index in [1.54, 1.807) is 11.8 Å². The number of thioether (sulfide) groups is 1. The number of nitrogens with zero attached hydrogens (tertiary/aromatic N) is 2. The second-order valence-corrected chi connectivity index (χ2v) is 7.86. The molecule has 1 fully saturated rings. The lowest BCUT2D eigenvalue weighted by Gasteiger charge is -2.22. The first kappa shape index (κ1) is 16.7. The van der Waals surface area contributed by atoms with E-state index in [0.29, 0.717) is 5.13 Å². The van der Waals surface area contributed by atoms with Gasteiger partial charge >= 0.3 is 6.03 Å². The van der Waals surface area contributed by atoms with Gasteiger partial charge in [-0.05, 0) is 23.9 Å². The number of ether oxygens (including phenoxy) is 2. The SMILES string of the molecule is O=C(Nc1cccs1)Nc1nnc(SCCC2OCCCO2)s1. The van der Waals surface area contributed by atoms with Crippen LogP contribution in [-0.4, -0.2) is 41.5 Å². The number of thiophene rings is 1. The number of rotatable bonds is 6. The maximum Gasteiger partial charge on any atom is 0.326 e. The van der Waals surface area contributed by atoms with E-state index in [-0.39, 0.29) is 12.3 Å². The van der Waals surface area contributed by atoms with E-state index in [9.17, 15) is 4.79 Å². The van der Waals surface area contributed by atoms with Crippen LogP contribution in [0.3, 0.4) is 0 Å². The van der Waals surface area contributed by atoms with Crippen molar-refractivity contribution in [3.63, 3.8) is 0 Å². The van der Waals surface area contributed by atoms with Gasteiger partial charge in [0, 0.05) is 12.2 Å². The highest BCUT2D eigenvalue weighted by atomic mass is 32.2. The molecule has 0 atom stereocenters.